The highest BCUT2D eigenvalue weighted by atomic mass is 16.5. The van der Waals surface area contributed by atoms with E-state index in [1.807, 2.05) is 24.3 Å². The SMILES string of the molecule is COc1ccc2oc(-c3cccc4ccccc34)c(CCNC(C)=O)c2n1. The van der Waals surface area contributed by atoms with Crippen LogP contribution in [0.25, 0.3) is 33.2 Å². The Morgan fingerprint density at radius 1 is 1.11 bits per heavy atom. The third-order valence-electron chi connectivity index (χ3n) is 4.60. The van der Waals surface area contributed by atoms with Crippen LogP contribution in [0.1, 0.15) is 12.5 Å². The number of ether oxygens (including phenoxy) is 1. The van der Waals surface area contributed by atoms with Crippen LogP contribution in [0.4, 0.5) is 0 Å². The summed E-state index contributed by atoms with van der Waals surface area (Å²) in [5.74, 6) is 1.27. The molecule has 2 aromatic carbocycles. The Balaban J connectivity index is 1.91. The lowest BCUT2D eigenvalue weighted by Gasteiger charge is -2.07. The fourth-order valence-corrected chi connectivity index (χ4v) is 3.36. The predicted octanol–water partition coefficient (Wildman–Crippen LogP) is 4.34. The fourth-order valence-electron chi connectivity index (χ4n) is 3.36. The molecule has 27 heavy (non-hydrogen) atoms. The second kappa shape index (κ2) is 7.11. The normalized spacial score (nSPS) is 11.0. The molecule has 0 aliphatic rings. The molecule has 0 spiro atoms. The van der Waals surface area contributed by atoms with Crippen LogP contribution in [-0.2, 0) is 11.2 Å². The van der Waals surface area contributed by atoms with Gasteiger partial charge >= 0.3 is 0 Å². The topological polar surface area (TPSA) is 64.4 Å². The van der Waals surface area contributed by atoms with Gasteiger partial charge in [-0.25, -0.2) is 4.98 Å². The number of benzene rings is 2. The molecule has 5 heteroatoms. The molecule has 0 saturated carbocycles. The summed E-state index contributed by atoms with van der Waals surface area (Å²) in [6.07, 6.45) is 0.616. The lowest BCUT2D eigenvalue weighted by Crippen LogP contribution is -2.22. The third-order valence-corrected chi connectivity index (χ3v) is 4.60. The lowest BCUT2D eigenvalue weighted by molar-refractivity contribution is -0.118. The standard InChI is InChI=1S/C22H20N2O3/c1-14(25)23-13-12-18-21-19(10-11-20(24-21)26-2)27-22(18)17-9-5-7-15-6-3-4-8-16(15)17/h3-11H,12-13H2,1-2H3,(H,23,25). The molecule has 5 nitrogen and oxygen atoms in total. The first-order chi connectivity index (χ1) is 13.2. The summed E-state index contributed by atoms with van der Waals surface area (Å²) in [4.78, 5) is 15.9. The molecule has 1 amide bonds. The average Bonchev–Trinajstić information content (AvgIpc) is 3.05. The monoisotopic (exact) mass is 360 g/mol. The Kier molecular flexibility index (Phi) is 4.50. The largest absolute Gasteiger partial charge is 0.481 e. The number of hydrogen-bond acceptors (Lipinski definition) is 4. The fraction of sp³-hybridized carbons (Fsp3) is 0.182. The Labute approximate surface area is 157 Å². The van der Waals surface area contributed by atoms with E-state index in [4.69, 9.17) is 9.15 Å². The highest BCUT2D eigenvalue weighted by Gasteiger charge is 2.19. The van der Waals surface area contributed by atoms with Gasteiger partial charge in [0, 0.05) is 30.7 Å². The minimum atomic E-state index is -0.0555. The minimum absolute atomic E-state index is 0.0555. The first-order valence-electron chi connectivity index (χ1n) is 8.86. The summed E-state index contributed by atoms with van der Waals surface area (Å²) in [5.41, 5.74) is 3.45. The van der Waals surface area contributed by atoms with Crippen LogP contribution in [0.5, 0.6) is 5.88 Å². The van der Waals surface area contributed by atoms with Crippen molar-refractivity contribution in [2.75, 3.05) is 13.7 Å². The van der Waals surface area contributed by atoms with Gasteiger partial charge in [0.05, 0.1) is 7.11 Å². The van der Waals surface area contributed by atoms with E-state index < -0.39 is 0 Å². The smallest absolute Gasteiger partial charge is 0.216 e. The Morgan fingerprint density at radius 2 is 1.93 bits per heavy atom. The number of pyridine rings is 1. The number of amides is 1. The number of methoxy groups -OCH3 is 1. The quantitative estimate of drug-likeness (QED) is 0.575. The second-order valence-electron chi connectivity index (χ2n) is 6.37. The van der Waals surface area contributed by atoms with Crippen molar-refractivity contribution < 1.29 is 13.9 Å². The van der Waals surface area contributed by atoms with E-state index in [9.17, 15) is 4.79 Å². The molecule has 0 aliphatic heterocycles. The van der Waals surface area contributed by atoms with Gasteiger partial charge in [0.1, 0.15) is 11.3 Å². The van der Waals surface area contributed by atoms with Crippen molar-refractivity contribution in [3.63, 3.8) is 0 Å². The van der Waals surface area contributed by atoms with Crippen molar-refractivity contribution in [3.05, 3.63) is 60.2 Å². The Bertz CT molecular complexity index is 1130. The first-order valence-corrected chi connectivity index (χ1v) is 8.86. The number of carbonyl (C=O) groups excluding carboxylic acids is 1. The molecule has 136 valence electrons. The van der Waals surface area contributed by atoms with Crippen molar-refractivity contribution in [1.82, 2.24) is 10.3 Å². The average molecular weight is 360 g/mol. The van der Waals surface area contributed by atoms with Crippen molar-refractivity contribution in [1.29, 1.82) is 0 Å². The van der Waals surface area contributed by atoms with Crippen molar-refractivity contribution >= 4 is 27.8 Å². The number of rotatable bonds is 5. The summed E-state index contributed by atoms with van der Waals surface area (Å²) in [5, 5.41) is 5.12. The van der Waals surface area contributed by atoms with E-state index in [1.54, 1.807) is 13.2 Å². The number of nitrogens with zero attached hydrogens (tertiary/aromatic N) is 1. The van der Waals surface area contributed by atoms with E-state index in [-0.39, 0.29) is 5.91 Å². The summed E-state index contributed by atoms with van der Waals surface area (Å²) in [6.45, 7) is 2.03. The predicted molar refractivity (Wildman–Crippen MR) is 106 cm³/mol. The number of furan rings is 1. The van der Waals surface area contributed by atoms with Crippen molar-refractivity contribution in [2.45, 2.75) is 13.3 Å². The van der Waals surface area contributed by atoms with Gasteiger partial charge in [-0.1, -0.05) is 42.5 Å². The lowest BCUT2D eigenvalue weighted by atomic mass is 9.99. The molecule has 4 aromatic rings. The molecule has 2 heterocycles. The van der Waals surface area contributed by atoms with Crippen LogP contribution in [0.15, 0.2) is 59.0 Å². The van der Waals surface area contributed by atoms with Crippen LogP contribution >= 0.6 is 0 Å². The zero-order valence-corrected chi connectivity index (χ0v) is 15.3. The molecular weight excluding hydrogens is 340 g/mol. The van der Waals surface area contributed by atoms with E-state index in [0.29, 0.717) is 24.4 Å². The first kappa shape index (κ1) is 17.1. The summed E-state index contributed by atoms with van der Waals surface area (Å²) >= 11 is 0. The maximum Gasteiger partial charge on any atom is 0.216 e. The van der Waals surface area contributed by atoms with Gasteiger partial charge in [-0.15, -0.1) is 0 Å². The van der Waals surface area contributed by atoms with E-state index in [0.717, 1.165) is 33.2 Å². The maximum atomic E-state index is 11.3. The van der Waals surface area contributed by atoms with Gasteiger partial charge in [-0.3, -0.25) is 4.79 Å². The van der Waals surface area contributed by atoms with Crippen LogP contribution < -0.4 is 10.1 Å². The molecule has 0 saturated heterocycles. The van der Waals surface area contributed by atoms with E-state index in [2.05, 4.69) is 34.6 Å². The van der Waals surface area contributed by atoms with E-state index in [1.165, 1.54) is 6.92 Å². The van der Waals surface area contributed by atoms with Crippen LogP contribution in [0, 0.1) is 0 Å². The number of carbonyl (C=O) groups is 1. The molecule has 1 N–H and O–H groups in total. The van der Waals surface area contributed by atoms with Gasteiger partial charge in [0.15, 0.2) is 5.58 Å². The molecule has 0 bridgehead atoms. The molecule has 0 atom stereocenters. The number of nitrogens with one attached hydrogen (secondary N) is 1. The number of aromatic nitrogens is 1. The molecule has 0 fully saturated rings. The van der Waals surface area contributed by atoms with Gasteiger partial charge in [-0.2, -0.15) is 0 Å². The summed E-state index contributed by atoms with van der Waals surface area (Å²) < 4.78 is 11.5. The van der Waals surface area contributed by atoms with Crippen molar-refractivity contribution in [2.24, 2.45) is 0 Å². The molecular formula is C22H20N2O3. The second-order valence-corrected chi connectivity index (χ2v) is 6.37. The zero-order valence-electron chi connectivity index (χ0n) is 15.3. The van der Waals surface area contributed by atoms with Gasteiger partial charge in [0.25, 0.3) is 0 Å². The van der Waals surface area contributed by atoms with Gasteiger partial charge in [0.2, 0.25) is 11.8 Å². The van der Waals surface area contributed by atoms with Crippen LogP contribution in [-0.4, -0.2) is 24.5 Å². The van der Waals surface area contributed by atoms with Crippen molar-refractivity contribution in [3.8, 4) is 17.2 Å². The Morgan fingerprint density at radius 3 is 2.74 bits per heavy atom. The summed E-state index contributed by atoms with van der Waals surface area (Å²) in [6, 6.07) is 18.0. The van der Waals surface area contributed by atoms with Gasteiger partial charge in [-0.05, 0) is 23.3 Å². The minimum Gasteiger partial charge on any atom is -0.481 e. The molecule has 4 rings (SSSR count). The van der Waals surface area contributed by atoms with E-state index >= 15 is 0 Å². The zero-order chi connectivity index (χ0) is 18.8. The van der Waals surface area contributed by atoms with Gasteiger partial charge < -0.3 is 14.5 Å². The maximum absolute atomic E-state index is 11.3. The highest BCUT2D eigenvalue weighted by Crippen LogP contribution is 2.37. The third kappa shape index (κ3) is 3.24. The Hall–Kier alpha value is -3.34. The molecule has 0 radical (unpaired) electrons. The molecule has 0 unspecified atom stereocenters. The number of hydrogen-bond donors (Lipinski definition) is 1. The molecule has 0 aliphatic carbocycles. The van der Waals surface area contributed by atoms with Crippen LogP contribution in [0.3, 0.4) is 0 Å². The number of fused-ring (bicyclic) bond motifs is 2. The van der Waals surface area contributed by atoms with Crippen LogP contribution in [0.2, 0.25) is 0 Å². The summed E-state index contributed by atoms with van der Waals surface area (Å²) in [7, 11) is 1.59. The molecule has 2 aromatic heterocycles. The highest BCUT2D eigenvalue weighted by molar-refractivity contribution is 5.98.